The number of nitrogens with zero attached hydrogens (tertiary/aromatic N) is 3. The van der Waals surface area contributed by atoms with Gasteiger partial charge in [-0.3, -0.25) is 0 Å². The molecular weight excluding hydrogens is 466 g/mol. The number of hydrogen-bond acceptors (Lipinski definition) is 3. The fourth-order valence-electron chi connectivity index (χ4n) is 5.61. The van der Waals surface area contributed by atoms with Gasteiger partial charge in [0.15, 0.2) is 0 Å². The van der Waals surface area contributed by atoms with Crippen LogP contribution in [0.1, 0.15) is 11.1 Å². The van der Waals surface area contributed by atoms with E-state index in [-0.39, 0.29) is 0 Å². The number of aromatic nitrogens is 1. The molecule has 0 N–H and O–H groups in total. The molecule has 5 aromatic carbocycles. The van der Waals surface area contributed by atoms with Gasteiger partial charge in [-0.2, -0.15) is 0 Å². The van der Waals surface area contributed by atoms with Gasteiger partial charge in [0.2, 0.25) is 0 Å². The molecule has 6 aromatic rings. The fraction of sp³-hybridized carbons (Fsp3) is 0.118. The highest BCUT2D eigenvalue weighted by molar-refractivity contribution is 6.09. The monoisotopic (exact) mass is 495 g/mol. The molecule has 0 amide bonds. The van der Waals surface area contributed by atoms with E-state index in [1.165, 1.54) is 38.8 Å². The Bertz CT molecular complexity index is 1820. The Hall–Kier alpha value is -4.70. The van der Waals surface area contributed by atoms with Gasteiger partial charge in [-0.05, 0) is 79.6 Å². The highest BCUT2D eigenvalue weighted by Gasteiger charge is 2.25. The van der Waals surface area contributed by atoms with Crippen molar-refractivity contribution in [3.05, 3.63) is 120 Å². The molecule has 2 heterocycles. The van der Waals surface area contributed by atoms with Crippen LogP contribution in [-0.2, 0) is 0 Å². The van der Waals surface area contributed by atoms with Gasteiger partial charge in [0, 0.05) is 41.3 Å². The third-order valence-corrected chi connectivity index (χ3v) is 7.67. The molecule has 186 valence electrons. The topological polar surface area (TPSA) is 20.6 Å². The molecule has 0 bridgehead atoms. The zero-order valence-electron chi connectivity index (χ0n) is 21.8. The summed E-state index contributed by atoms with van der Waals surface area (Å²) in [6.45, 7) is 5.16. The van der Waals surface area contributed by atoms with Gasteiger partial charge in [-0.25, -0.2) is 0 Å². The standard InChI is InChI=1S/C34H29N3O/c1-23-18-33-34(19-24(23)2)36(22-35(33)3)26-12-9-13-27(20-26)38-28-16-17-30-29-14-7-8-15-31(29)37(32(30)21-28)25-10-5-4-6-11-25/h4-21H,22H2,1-3H3. The van der Waals surface area contributed by atoms with Crippen LogP contribution < -0.4 is 14.5 Å². The molecule has 4 heteroatoms. The molecule has 0 spiro atoms. The van der Waals surface area contributed by atoms with Crippen LogP contribution in [0.3, 0.4) is 0 Å². The second-order valence-corrected chi connectivity index (χ2v) is 10.2. The van der Waals surface area contributed by atoms with Crippen molar-refractivity contribution in [2.24, 2.45) is 0 Å². The van der Waals surface area contributed by atoms with Crippen molar-refractivity contribution >= 4 is 38.9 Å². The molecule has 38 heavy (non-hydrogen) atoms. The van der Waals surface area contributed by atoms with Crippen LogP contribution in [0.5, 0.6) is 11.5 Å². The first-order valence-corrected chi connectivity index (χ1v) is 13.0. The highest BCUT2D eigenvalue weighted by atomic mass is 16.5. The van der Waals surface area contributed by atoms with Crippen LogP contribution in [0.4, 0.5) is 17.1 Å². The van der Waals surface area contributed by atoms with E-state index in [1.54, 1.807) is 0 Å². The normalized spacial score (nSPS) is 12.9. The molecule has 0 unspecified atom stereocenters. The molecule has 0 saturated heterocycles. The van der Waals surface area contributed by atoms with Gasteiger partial charge in [-0.15, -0.1) is 0 Å². The lowest BCUT2D eigenvalue weighted by Crippen LogP contribution is -2.23. The van der Waals surface area contributed by atoms with Gasteiger partial charge in [-0.1, -0.05) is 42.5 Å². The Kier molecular flexibility index (Phi) is 5.15. The number of rotatable bonds is 4. The lowest BCUT2D eigenvalue weighted by molar-refractivity contribution is 0.483. The maximum atomic E-state index is 6.48. The van der Waals surface area contributed by atoms with Crippen molar-refractivity contribution in [2.75, 3.05) is 23.5 Å². The summed E-state index contributed by atoms with van der Waals surface area (Å²) in [6, 6.07) is 38.4. The Morgan fingerprint density at radius 3 is 2.11 bits per heavy atom. The van der Waals surface area contributed by atoms with Crippen LogP contribution in [0.2, 0.25) is 0 Å². The van der Waals surface area contributed by atoms with Crippen molar-refractivity contribution < 1.29 is 4.74 Å². The van der Waals surface area contributed by atoms with Crippen LogP contribution >= 0.6 is 0 Å². The molecule has 1 aromatic heterocycles. The van der Waals surface area contributed by atoms with Crippen LogP contribution in [0.25, 0.3) is 27.5 Å². The number of aryl methyl sites for hydroxylation is 2. The summed E-state index contributed by atoms with van der Waals surface area (Å²) in [5, 5.41) is 2.45. The highest BCUT2D eigenvalue weighted by Crippen LogP contribution is 2.42. The smallest absolute Gasteiger partial charge is 0.129 e. The second-order valence-electron chi connectivity index (χ2n) is 10.2. The minimum absolute atomic E-state index is 0.810. The van der Waals surface area contributed by atoms with Crippen molar-refractivity contribution in [3.63, 3.8) is 0 Å². The Labute approximate surface area is 222 Å². The summed E-state index contributed by atoms with van der Waals surface area (Å²) in [7, 11) is 2.15. The molecule has 1 aliphatic rings. The van der Waals surface area contributed by atoms with Gasteiger partial charge >= 0.3 is 0 Å². The second kappa shape index (κ2) is 8.70. The Balaban J connectivity index is 1.28. The minimum atomic E-state index is 0.810. The van der Waals surface area contributed by atoms with E-state index in [4.69, 9.17) is 4.74 Å². The van der Waals surface area contributed by atoms with E-state index < -0.39 is 0 Å². The first-order valence-electron chi connectivity index (χ1n) is 13.0. The zero-order valence-corrected chi connectivity index (χ0v) is 21.8. The molecule has 4 nitrogen and oxygen atoms in total. The lowest BCUT2D eigenvalue weighted by Gasteiger charge is -2.20. The van der Waals surface area contributed by atoms with Crippen LogP contribution in [-0.4, -0.2) is 18.3 Å². The predicted molar refractivity (Wildman–Crippen MR) is 159 cm³/mol. The lowest BCUT2D eigenvalue weighted by atomic mass is 10.1. The number of benzene rings is 5. The van der Waals surface area contributed by atoms with Crippen molar-refractivity contribution in [1.29, 1.82) is 0 Å². The third kappa shape index (κ3) is 3.60. The quantitative estimate of drug-likeness (QED) is 0.244. The summed E-state index contributed by atoms with van der Waals surface area (Å²) in [6.07, 6.45) is 0. The van der Waals surface area contributed by atoms with Crippen LogP contribution in [0, 0.1) is 13.8 Å². The third-order valence-electron chi connectivity index (χ3n) is 7.67. The number of para-hydroxylation sites is 2. The van der Waals surface area contributed by atoms with Gasteiger partial charge in [0.1, 0.15) is 11.5 Å². The van der Waals surface area contributed by atoms with Gasteiger partial charge in [0.05, 0.1) is 29.1 Å². The molecule has 0 radical (unpaired) electrons. The van der Waals surface area contributed by atoms with E-state index in [9.17, 15) is 0 Å². The number of fused-ring (bicyclic) bond motifs is 4. The predicted octanol–water partition coefficient (Wildman–Crippen LogP) is 8.74. The van der Waals surface area contributed by atoms with E-state index >= 15 is 0 Å². The first-order chi connectivity index (χ1) is 18.6. The number of anilines is 3. The van der Waals surface area contributed by atoms with E-state index in [2.05, 4.69) is 138 Å². The maximum absolute atomic E-state index is 6.48. The molecule has 0 aliphatic carbocycles. The molecule has 0 fully saturated rings. The summed E-state index contributed by atoms with van der Waals surface area (Å²) < 4.78 is 8.79. The number of hydrogen-bond donors (Lipinski definition) is 0. The summed E-state index contributed by atoms with van der Waals surface area (Å²) in [5.74, 6) is 1.64. The summed E-state index contributed by atoms with van der Waals surface area (Å²) in [4.78, 5) is 4.65. The molecule has 7 rings (SSSR count). The maximum Gasteiger partial charge on any atom is 0.129 e. The summed E-state index contributed by atoms with van der Waals surface area (Å²) in [5.41, 5.74) is 9.70. The van der Waals surface area contributed by atoms with Gasteiger partial charge < -0.3 is 19.1 Å². The average Bonchev–Trinajstić information content (AvgIpc) is 3.43. The SMILES string of the molecule is Cc1cc2c(cc1C)N(c1cccc(Oc3ccc4c5ccccc5n(-c5ccccc5)c4c3)c1)CN2C. The molecular formula is C34H29N3O. The average molecular weight is 496 g/mol. The first kappa shape index (κ1) is 22.5. The molecule has 1 aliphatic heterocycles. The van der Waals surface area contributed by atoms with Crippen molar-refractivity contribution in [1.82, 2.24) is 4.57 Å². The minimum Gasteiger partial charge on any atom is -0.457 e. The van der Waals surface area contributed by atoms with Crippen molar-refractivity contribution in [2.45, 2.75) is 13.8 Å². The largest absolute Gasteiger partial charge is 0.457 e. The fourth-order valence-corrected chi connectivity index (χ4v) is 5.61. The van der Waals surface area contributed by atoms with Gasteiger partial charge in [0.25, 0.3) is 0 Å². The molecule has 0 atom stereocenters. The Morgan fingerprint density at radius 2 is 1.26 bits per heavy atom. The zero-order chi connectivity index (χ0) is 25.8. The Morgan fingerprint density at radius 1 is 0.579 bits per heavy atom. The summed E-state index contributed by atoms with van der Waals surface area (Å²) >= 11 is 0. The van der Waals surface area contributed by atoms with E-state index in [0.29, 0.717) is 0 Å². The van der Waals surface area contributed by atoms with Crippen molar-refractivity contribution in [3.8, 4) is 17.2 Å². The van der Waals surface area contributed by atoms with E-state index in [1.807, 2.05) is 6.07 Å². The number of ether oxygens (including phenoxy) is 1. The van der Waals surface area contributed by atoms with E-state index in [0.717, 1.165) is 35.1 Å². The molecule has 0 saturated carbocycles. The van der Waals surface area contributed by atoms with Crippen LogP contribution in [0.15, 0.2) is 109 Å².